The fourth-order valence-corrected chi connectivity index (χ4v) is 3.86. The molecule has 1 aromatic heterocycles. The van der Waals surface area contributed by atoms with E-state index in [2.05, 4.69) is 4.98 Å². The van der Waals surface area contributed by atoms with Crippen LogP contribution in [-0.2, 0) is 10.1 Å². The number of halogens is 2. The average Bonchev–Trinajstić information content (AvgIpc) is 2.60. The fraction of sp³-hybridized carbons (Fsp3) is 0.158. The van der Waals surface area contributed by atoms with E-state index in [1.807, 2.05) is 0 Å². The number of hydrogen-bond donors (Lipinski definition) is 1. The van der Waals surface area contributed by atoms with Crippen LogP contribution in [0.3, 0.4) is 0 Å². The summed E-state index contributed by atoms with van der Waals surface area (Å²) in [5.41, 5.74) is 0.670. The number of hydrogen-bond acceptors (Lipinski definition) is 4. The molecule has 0 aliphatic rings. The van der Waals surface area contributed by atoms with E-state index in [-0.39, 0.29) is 38.3 Å². The normalized spacial score (nSPS) is 11.6. The second-order valence-corrected chi connectivity index (χ2v) is 8.09. The van der Waals surface area contributed by atoms with E-state index in [1.165, 1.54) is 50.2 Å². The summed E-state index contributed by atoms with van der Waals surface area (Å²) >= 11 is 6.01. The third-order valence-electron chi connectivity index (χ3n) is 4.32. The van der Waals surface area contributed by atoms with Crippen molar-refractivity contribution in [3.8, 4) is 16.9 Å². The molecule has 0 fully saturated rings. The predicted octanol–water partition coefficient (Wildman–Crippen LogP) is 3.86. The SMILES string of the molecule is Cc1ccc(S(=O)(=O)O)c(-c2nc(C)n(-c3cccc(F)c3Cl)c(=O)c2C)c1. The summed E-state index contributed by atoms with van der Waals surface area (Å²) in [5, 5.41) is -0.226. The molecule has 3 aromatic rings. The second-order valence-electron chi connectivity index (χ2n) is 6.32. The first-order valence-corrected chi connectivity index (χ1v) is 9.97. The summed E-state index contributed by atoms with van der Waals surface area (Å²) < 4.78 is 48.1. The van der Waals surface area contributed by atoms with Gasteiger partial charge in [0.05, 0.1) is 11.4 Å². The molecule has 0 radical (unpaired) electrons. The molecule has 0 bridgehead atoms. The fourth-order valence-electron chi connectivity index (χ4n) is 2.98. The second kappa shape index (κ2) is 7.12. The van der Waals surface area contributed by atoms with Crippen molar-refractivity contribution >= 4 is 21.7 Å². The van der Waals surface area contributed by atoms with Gasteiger partial charge in [0.1, 0.15) is 21.6 Å². The van der Waals surface area contributed by atoms with E-state index in [1.54, 1.807) is 6.92 Å². The zero-order chi connectivity index (χ0) is 20.8. The van der Waals surface area contributed by atoms with Gasteiger partial charge < -0.3 is 0 Å². The highest BCUT2D eigenvalue weighted by Gasteiger charge is 2.22. The number of benzene rings is 2. The smallest absolute Gasteiger partial charge is 0.282 e. The van der Waals surface area contributed by atoms with E-state index < -0.39 is 21.5 Å². The molecule has 28 heavy (non-hydrogen) atoms. The summed E-state index contributed by atoms with van der Waals surface area (Å²) in [7, 11) is -4.54. The maximum absolute atomic E-state index is 13.8. The third kappa shape index (κ3) is 3.46. The molecule has 1 heterocycles. The van der Waals surface area contributed by atoms with Crippen LogP contribution >= 0.6 is 11.6 Å². The van der Waals surface area contributed by atoms with Gasteiger partial charge in [-0.1, -0.05) is 29.3 Å². The molecule has 3 rings (SSSR count). The standard InChI is InChI=1S/C19H16ClFN2O4S/c1-10-7-8-16(28(25,26)27)13(9-10)18-11(2)19(24)23(12(3)22-18)15-6-4-5-14(21)17(15)20/h4-9H,1-3H3,(H,25,26,27). The molecule has 0 saturated carbocycles. The quantitative estimate of drug-likeness (QED) is 0.647. The van der Waals surface area contributed by atoms with Crippen LogP contribution in [0.5, 0.6) is 0 Å². The lowest BCUT2D eigenvalue weighted by Gasteiger charge is -2.16. The van der Waals surface area contributed by atoms with E-state index in [9.17, 15) is 22.2 Å². The van der Waals surface area contributed by atoms with Crippen LogP contribution in [-0.4, -0.2) is 22.5 Å². The lowest BCUT2D eigenvalue weighted by molar-refractivity contribution is 0.483. The summed E-state index contributed by atoms with van der Waals surface area (Å²) in [5.74, 6) is -0.500. The highest BCUT2D eigenvalue weighted by Crippen LogP contribution is 2.30. The largest absolute Gasteiger partial charge is 0.295 e. The van der Waals surface area contributed by atoms with Gasteiger partial charge in [-0.2, -0.15) is 8.42 Å². The number of aryl methyl sites for hydroxylation is 2. The van der Waals surface area contributed by atoms with Crippen molar-refractivity contribution < 1.29 is 17.4 Å². The van der Waals surface area contributed by atoms with Gasteiger partial charge in [-0.05, 0) is 45.0 Å². The van der Waals surface area contributed by atoms with E-state index >= 15 is 0 Å². The maximum Gasteiger partial charge on any atom is 0.295 e. The van der Waals surface area contributed by atoms with Crippen molar-refractivity contribution in [2.75, 3.05) is 0 Å². The number of aromatic nitrogens is 2. The van der Waals surface area contributed by atoms with Gasteiger partial charge in [-0.3, -0.25) is 13.9 Å². The Bertz CT molecular complexity index is 1270. The first-order chi connectivity index (χ1) is 13.0. The van der Waals surface area contributed by atoms with Crippen LogP contribution in [0.25, 0.3) is 16.9 Å². The van der Waals surface area contributed by atoms with Crippen LogP contribution in [0.1, 0.15) is 17.0 Å². The molecule has 0 atom stereocenters. The van der Waals surface area contributed by atoms with Crippen LogP contribution in [0, 0.1) is 26.6 Å². The first kappa shape index (κ1) is 20.2. The summed E-state index contributed by atoms with van der Waals surface area (Å²) in [6.45, 7) is 4.74. The minimum Gasteiger partial charge on any atom is -0.282 e. The highest BCUT2D eigenvalue weighted by molar-refractivity contribution is 7.86. The Hall–Kier alpha value is -2.55. The maximum atomic E-state index is 13.8. The van der Waals surface area contributed by atoms with Crippen LogP contribution in [0.15, 0.2) is 46.1 Å². The van der Waals surface area contributed by atoms with Gasteiger partial charge in [0.2, 0.25) is 0 Å². The van der Waals surface area contributed by atoms with E-state index in [4.69, 9.17) is 11.6 Å². The third-order valence-corrected chi connectivity index (χ3v) is 5.60. The van der Waals surface area contributed by atoms with Crippen LogP contribution < -0.4 is 5.56 Å². The minimum absolute atomic E-state index is 0.109. The van der Waals surface area contributed by atoms with E-state index in [0.717, 1.165) is 10.1 Å². The highest BCUT2D eigenvalue weighted by atomic mass is 35.5. The predicted molar refractivity (Wildman–Crippen MR) is 104 cm³/mol. The van der Waals surface area contributed by atoms with Crippen molar-refractivity contribution in [2.24, 2.45) is 0 Å². The summed E-state index contributed by atoms with van der Waals surface area (Å²) in [4.78, 5) is 17.0. The zero-order valence-corrected chi connectivity index (χ0v) is 16.8. The van der Waals surface area contributed by atoms with Crippen LogP contribution in [0.2, 0.25) is 5.02 Å². The average molecular weight is 423 g/mol. The van der Waals surface area contributed by atoms with Crippen molar-refractivity contribution in [3.63, 3.8) is 0 Å². The molecule has 1 N–H and O–H groups in total. The minimum atomic E-state index is -4.54. The summed E-state index contributed by atoms with van der Waals surface area (Å²) in [6.07, 6.45) is 0. The van der Waals surface area contributed by atoms with Crippen molar-refractivity contribution in [1.29, 1.82) is 0 Å². The molecular weight excluding hydrogens is 407 g/mol. The molecule has 0 aliphatic heterocycles. The Morgan fingerprint density at radius 2 is 1.82 bits per heavy atom. The van der Waals surface area contributed by atoms with Gasteiger partial charge in [-0.15, -0.1) is 0 Å². The Morgan fingerprint density at radius 1 is 1.14 bits per heavy atom. The van der Waals surface area contributed by atoms with Crippen molar-refractivity contribution in [3.05, 3.63) is 74.5 Å². The molecule has 0 aliphatic carbocycles. The molecule has 0 amide bonds. The lowest BCUT2D eigenvalue weighted by Crippen LogP contribution is -2.26. The molecule has 2 aromatic carbocycles. The van der Waals surface area contributed by atoms with Gasteiger partial charge in [0, 0.05) is 11.1 Å². The van der Waals surface area contributed by atoms with Crippen molar-refractivity contribution in [2.45, 2.75) is 25.7 Å². The Kier molecular flexibility index (Phi) is 5.14. The van der Waals surface area contributed by atoms with Gasteiger partial charge in [0.15, 0.2) is 0 Å². The Morgan fingerprint density at radius 3 is 2.46 bits per heavy atom. The lowest BCUT2D eigenvalue weighted by atomic mass is 10.0. The Balaban J connectivity index is 2.36. The van der Waals surface area contributed by atoms with Gasteiger partial charge >= 0.3 is 0 Å². The topological polar surface area (TPSA) is 89.3 Å². The number of nitrogens with zero attached hydrogens (tertiary/aromatic N) is 2. The van der Waals surface area contributed by atoms with E-state index in [0.29, 0.717) is 0 Å². The molecule has 146 valence electrons. The first-order valence-electron chi connectivity index (χ1n) is 8.15. The monoisotopic (exact) mass is 422 g/mol. The molecular formula is C19H16ClFN2O4S. The molecule has 0 saturated heterocycles. The van der Waals surface area contributed by atoms with Crippen molar-refractivity contribution in [1.82, 2.24) is 9.55 Å². The van der Waals surface area contributed by atoms with Gasteiger partial charge in [0.25, 0.3) is 15.7 Å². The zero-order valence-electron chi connectivity index (χ0n) is 15.2. The van der Waals surface area contributed by atoms with Gasteiger partial charge in [-0.25, -0.2) is 9.37 Å². The Labute approximate surface area is 166 Å². The number of rotatable bonds is 3. The molecule has 0 unspecified atom stereocenters. The van der Waals surface area contributed by atoms with Crippen LogP contribution in [0.4, 0.5) is 4.39 Å². The molecule has 9 heteroatoms. The molecule has 0 spiro atoms. The summed E-state index contributed by atoms with van der Waals surface area (Å²) in [6, 6.07) is 8.39. The molecule has 6 nitrogen and oxygen atoms in total.